The lowest BCUT2D eigenvalue weighted by molar-refractivity contribution is -0.212. The van der Waals surface area contributed by atoms with Gasteiger partial charge in [0.15, 0.2) is 6.29 Å². The molecule has 6 unspecified atom stereocenters. The van der Waals surface area contributed by atoms with Gasteiger partial charge in [0, 0.05) is 25.7 Å². The highest BCUT2D eigenvalue weighted by Gasteiger charge is 2.43. The predicted octanol–water partition coefficient (Wildman–Crippen LogP) is 7.10. The minimum atomic E-state index is -4.97. The molecule has 1 N–H and O–H groups in total. The minimum absolute atomic E-state index is 0.0340. The first-order valence-electron chi connectivity index (χ1n) is 12.9. The van der Waals surface area contributed by atoms with E-state index in [1.807, 2.05) is 0 Å². The third-order valence-electron chi connectivity index (χ3n) is 7.63. The zero-order chi connectivity index (χ0) is 28.4. The lowest BCUT2D eigenvalue weighted by atomic mass is 9.73. The first kappa shape index (κ1) is 29.8. The van der Waals surface area contributed by atoms with Crippen molar-refractivity contribution in [3.63, 3.8) is 0 Å². The van der Waals surface area contributed by atoms with Gasteiger partial charge in [0.2, 0.25) is 0 Å². The van der Waals surface area contributed by atoms with Crippen molar-refractivity contribution in [3.8, 4) is 0 Å². The summed E-state index contributed by atoms with van der Waals surface area (Å²) in [4.78, 5) is 0. The molecule has 2 saturated heterocycles. The number of hydrogen-bond donors (Lipinski definition) is 1. The monoisotopic (exact) mass is 563 g/mol. The van der Waals surface area contributed by atoms with Crippen LogP contribution in [0.1, 0.15) is 60.5 Å². The van der Waals surface area contributed by atoms with Crippen LogP contribution in [-0.2, 0) is 26.6 Å². The highest BCUT2D eigenvalue weighted by Crippen LogP contribution is 2.43. The summed E-state index contributed by atoms with van der Waals surface area (Å²) in [6, 6.07) is 7.34. The van der Waals surface area contributed by atoms with E-state index in [-0.39, 0.29) is 23.6 Å². The van der Waals surface area contributed by atoms with Gasteiger partial charge in [-0.2, -0.15) is 26.3 Å². The summed E-state index contributed by atoms with van der Waals surface area (Å²) < 4.78 is 112. The predicted molar refractivity (Wildman–Crippen MR) is 129 cm³/mol. The quantitative estimate of drug-likeness (QED) is 0.365. The average molecular weight is 564 g/mol. The number of hydrogen-bond acceptors (Lipinski definition) is 4. The number of rotatable bonds is 7. The van der Waals surface area contributed by atoms with E-state index in [1.54, 1.807) is 19.2 Å². The van der Waals surface area contributed by atoms with Crippen molar-refractivity contribution in [2.75, 3.05) is 26.9 Å². The van der Waals surface area contributed by atoms with Gasteiger partial charge in [-0.1, -0.05) is 12.1 Å². The summed E-state index contributed by atoms with van der Waals surface area (Å²) in [6.07, 6.45) is -9.65. The summed E-state index contributed by atoms with van der Waals surface area (Å²) in [5, 5.41) is 3.55. The number of ether oxygens (including phenoxy) is 3. The Morgan fingerprint density at radius 1 is 0.974 bits per heavy atom. The molecule has 2 heterocycles. The number of methoxy groups -OCH3 is 1. The lowest BCUT2D eigenvalue weighted by Crippen LogP contribution is -2.50. The molecule has 2 fully saturated rings. The van der Waals surface area contributed by atoms with Crippen LogP contribution in [0.4, 0.5) is 30.7 Å². The number of piperidine rings is 1. The van der Waals surface area contributed by atoms with Gasteiger partial charge in [-0.3, -0.25) is 0 Å². The van der Waals surface area contributed by atoms with Gasteiger partial charge in [0.25, 0.3) is 0 Å². The molecule has 11 heteroatoms. The molecule has 4 nitrogen and oxygen atoms in total. The smallest absolute Gasteiger partial charge is 0.384 e. The SMILES string of the molecule is COCC1CCNC(C2CCOC(OC(C)c3cc(C(F)(F)F)cc(C(F)(F)F)c3)C2c2ccc(F)cc2)C1. The highest BCUT2D eigenvalue weighted by molar-refractivity contribution is 5.35. The topological polar surface area (TPSA) is 39.7 Å². The van der Waals surface area contributed by atoms with E-state index < -0.39 is 47.6 Å². The number of benzene rings is 2. The largest absolute Gasteiger partial charge is 0.416 e. The fourth-order valence-electron chi connectivity index (χ4n) is 5.71. The minimum Gasteiger partial charge on any atom is -0.384 e. The molecule has 0 bridgehead atoms. The van der Waals surface area contributed by atoms with Crippen molar-refractivity contribution in [1.82, 2.24) is 5.32 Å². The van der Waals surface area contributed by atoms with Gasteiger partial charge in [-0.15, -0.1) is 0 Å². The second-order valence-electron chi connectivity index (χ2n) is 10.3. The Kier molecular flexibility index (Phi) is 9.25. The lowest BCUT2D eigenvalue weighted by Gasteiger charge is -2.45. The summed E-state index contributed by atoms with van der Waals surface area (Å²) >= 11 is 0. The first-order chi connectivity index (χ1) is 18.4. The molecule has 0 aromatic heterocycles. The molecule has 2 aliphatic heterocycles. The van der Waals surface area contributed by atoms with E-state index in [2.05, 4.69) is 5.32 Å². The summed E-state index contributed by atoms with van der Waals surface area (Å²) in [6.45, 7) is 3.08. The van der Waals surface area contributed by atoms with Crippen LogP contribution in [0.25, 0.3) is 0 Å². The standard InChI is InChI=1S/C28H32F7NO3/c1-16(19-12-20(27(30,31)32)14-21(13-19)28(33,34)35)39-26-25(18-3-5-22(29)6-4-18)23(8-10-38-26)24-11-17(15-37-2)7-9-36-24/h3-6,12-14,16-17,23-26,36H,7-11,15H2,1-2H3. The van der Waals surface area contributed by atoms with Crippen LogP contribution in [-0.4, -0.2) is 39.2 Å². The number of halogens is 7. The van der Waals surface area contributed by atoms with Crippen molar-refractivity contribution >= 4 is 0 Å². The summed E-state index contributed by atoms with van der Waals surface area (Å²) in [7, 11) is 1.65. The van der Waals surface area contributed by atoms with E-state index in [1.165, 1.54) is 19.1 Å². The van der Waals surface area contributed by atoms with Gasteiger partial charge in [-0.25, -0.2) is 4.39 Å². The van der Waals surface area contributed by atoms with Gasteiger partial charge >= 0.3 is 12.4 Å². The van der Waals surface area contributed by atoms with E-state index in [0.29, 0.717) is 43.2 Å². The van der Waals surface area contributed by atoms with Crippen molar-refractivity contribution in [2.45, 2.75) is 62.9 Å². The second-order valence-corrected chi connectivity index (χ2v) is 10.3. The van der Waals surface area contributed by atoms with Crippen LogP contribution in [0.5, 0.6) is 0 Å². The Labute approximate surface area is 222 Å². The molecule has 0 aliphatic carbocycles. The maximum atomic E-state index is 13.8. The highest BCUT2D eigenvalue weighted by atomic mass is 19.4. The maximum Gasteiger partial charge on any atom is 0.416 e. The van der Waals surface area contributed by atoms with Crippen molar-refractivity contribution in [2.24, 2.45) is 11.8 Å². The Hall–Kier alpha value is -2.21. The van der Waals surface area contributed by atoms with E-state index in [9.17, 15) is 30.7 Å². The molecule has 6 atom stereocenters. The fourth-order valence-corrected chi connectivity index (χ4v) is 5.71. The fraction of sp³-hybridized carbons (Fsp3) is 0.571. The molecule has 2 aliphatic rings. The molecular formula is C28H32F7NO3. The molecule has 2 aromatic carbocycles. The van der Waals surface area contributed by atoms with Crippen LogP contribution in [0.2, 0.25) is 0 Å². The Morgan fingerprint density at radius 3 is 2.21 bits per heavy atom. The van der Waals surface area contributed by atoms with Gasteiger partial charge in [-0.05, 0) is 86.0 Å². The summed E-state index contributed by atoms with van der Waals surface area (Å²) in [5.74, 6) is -0.568. The van der Waals surface area contributed by atoms with Crippen LogP contribution in [0.15, 0.2) is 42.5 Å². The molecular weight excluding hydrogens is 531 g/mol. The van der Waals surface area contributed by atoms with Gasteiger partial charge < -0.3 is 19.5 Å². The number of alkyl halides is 6. The van der Waals surface area contributed by atoms with E-state index >= 15 is 0 Å². The molecule has 0 radical (unpaired) electrons. The molecule has 2 aromatic rings. The molecule has 0 spiro atoms. The van der Waals surface area contributed by atoms with Crippen molar-refractivity contribution in [3.05, 3.63) is 70.5 Å². The second kappa shape index (κ2) is 12.1. The Morgan fingerprint density at radius 2 is 1.62 bits per heavy atom. The molecule has 0 amide bonds. The van der Waals surface area contributed by atoms with Gasteiger partial charge in [0.1, 0.15) is 5.82 Å². The number of nitrogens with one attached hydrogen (secondary N) is 1. The zero-order valence-electron chi connectivity index (χ0n) is 21.6. The van der Waals surface area contributed by atoms with Crippen molar-refractivity contribution < 1.29 is 44.9 Å². The van der Waals surface area contributed by atoms with Crippen molar-refractivity contribution in [1.29, 1.82) is 0 Å². The summed E-state index contributed by atoms with van der Waals surface area (Å²) in [5.41, 5.74) is -2.36. The molecule has 0 saturated carbocycles. The third-order valence-corrected chi connectivity index (χ3v) is 7.63. The normalized spacial score (nSPS) is 27.4. The van der Waals surface area contributed by atoms with Crippen LogP contribution < -0.4 is 5.32 Å². The third kappa shape index (κ3) is 7.31. The molecule has 216 valence electrons. The Bertz CT molecular complexity index is 1060. The van der Waals surface area contributed by atoms with Crippen LogP contribution >= 0.6 is 0 Å². The Balaban J connectivity index is 1.65. The van der Waals surface area contributed by atoms with E-state index in [4.69, 9.17) is 14.2 Å². The molecule has 39 heavy (non-hydrogen) atoms. The maximum absolute atomic E-state index is 13.8. The van der Waals surface area contributed by atoms with Gasteiger partial charge in [0.05, 0.1) is 23.8 Å². The zero-order valence-corrected chi connectivity index (χ0v) is 21.6. The van der Waals surface area contributed by atoms with Crippen LogP contribution in [0, 0.1) is 17.7 Å². The molecule has 4 rings (SSSR count). The van der Waals surface area contributed by atoms with E-state index in [0.717, 1.165) is 19.4 Å². The van der Waals surface area contributed by atoms with Crippen LogP contribution in [0.3, 0.4) is 0 Å². The average Bonchev–Trinajstić information content (AvgIpc) is 2.88. The first-order valence-corrected chi connectivity index (χ1v) is 12.9.